The highest BCUT2D eigenvalue weighted by atomic mass is 79.9. The van der Waals surface area contributed by atoms with E-state index in [9.17, 15) is 5.26 Å². The summed E-state index contributed by atoms with van der Waals surface area (Å²) in [5.74, 6) is 0.848. The summed E-state index contributed by atoms with van der Waals surface area (Å²) < 4.78 is 12.3. The molecule has 0 aromatic heterocycles. The molecule has 3 rings (SSSR count). The van der Waals surface area contributed by atoms with Gasteiger partial charge < -0.3 is 9.47 Å². The highest BCUT2D eigenvalue weighted by molar-refractivity contribution is 9.10. The number of ether oxygens (including phenoxy) is 2. The van der Waals surface area contributed by atoms with Crippen LogP contribution in [0.2, 0.25) is 0 Å². The molecule has 2 aliphatic heterocycles. The van der Waals surface area contributed by atoms with Crippen LogP contribution in [0.25, 0.3) is 0 Å². The quantitative estimate of drug-likeness (QED) is 0.856. The molecule has 2 saturated heterocycles. The fourth-order valence-electron chi connectivity index (χ4n) is 3.37. The lowest BCUT2D eigenvalue weighted by Crippen LogP contribution is -2.33. The van der Waals surface area contributed by atoms with E-state index in [-0.39, 0.29) is 17.6 Å². The Morgan fingerprint density at radius 3 is 2.95 bits per heavy atom. The van der Waals surface area contributed by atoms with Crippen molar-refractivity contribution in [1.29, 1.82) is 5.26 Å². The molecule has 3 nitrogen and oxygen atoms in total. The van der Waals surface area contributed by atoms with Gasteiger partial charge in [0, 0.05) is 4.47 Å². The lowest BCUT2D eigenvalue weighted by molar-refractivity contribution is 0.0786. The first kappa shape index (κ1) is 13.0. The second-order valence-corrected chi connectivity index (χ2v) is 6.34. The van der Waals surface area contributed by atoms with Gasteiger partial charge in [0.2, 0.25) is 0 Å². The average molecular weight is 322 g/mol. The first-order chi connectivity index (χ1) is 9.16. The molecule has 2 aliphatic rings. The number of halogens is 1. The first-order valence-corrected chi connectivity index (χ1v) is 7.35. The molecule has 0 N–H and O–H groups in total. The molecule has 1 aromatic carbocycles. The lowest BCUT2D eigenvalue weighted by atomic mass is 9.71. The predicted octanol–water partition coefficient (Wildman–Crippen LogP) is 3.46. The standard InChI is InChI=1S/C15H16BrNO2/c1-18-13-4-2-11(16)6-10(13)7-15(9-17)8-12-3-5-14(15)19-12/h2,4,6,12,14H,3,5,7-8H2,1H3. The van der Waals surface area contributed by atoms with E-state index >= 15 is 0 Å². The summed E-state index contributed by atoms with van der Waals surface area (Å²) in [6, 6.07) is 8.48. The van der Waals surface area contributed by atoms with Crippen molar-refractivity contribution < 1.29 is 9.47 Å². The van der Waals surface area contributed by atoms with E-state index in [0.29, 0.717) is 6.42 Å². The monoisotopic (exact) mass is 321 g/mol. The number of nitrogens with zero attached hydrogens (tertiary/aromatic N) is 1. The average Bonchev–Trinajstić information content (AvgIpc) is 3.00. The van der Waals surface area contributed by atoms with Crippen LogP contribution in [0.1, 0.15) is 24.8 Å². The van der Waals surface area contributed by atoms with Gasteiger partial charge in [-0.2, -0.15) is 5.26 Å². The highest BCUT2D eigenvalue weighted by Crippen LogP contribution is 2.50. The maximum Gasteiger partial charge on any atom is 0.122 e. The van der Waals surface area contributed by atoms with E-state index < -0.39 is 0 Å². The zero-order valence-electron chi connectivity index (χ0n) is 10.9. The molecule has 0 saturated carbocycles. The molecule has 2 bridgehead atoms. The van der Waals surface area contributed by atoms with E-state index in [1.807, 2.05) is 18.2 Å². The third kappa shape index (κ3) is 2.15. The number of benzene rings is 1. The maximum atomic E-state index is 9.65. The van der Waals surface area contributed by atoms with E-state index in [1.165, 1.54) is 0 Å². The molecular formula is C15H16BrNO2. The Balaban J connectivity index is 1.92. The van der Waals surface area contributed by atoms with Gasteiger partial charge in [0.15, 0.2) is 0 Å². The molecule has 0 aliphatic carbocycles. The Kier molecular flexibility index (Phi) is 3.28. The van der Waals surface area contributed by atoms with Crippen molar-refractivity contribution in [1.82, 2.24) is 0 Å². The normalized spacial score (nSPS) is 32.3. The van der Waals surface area contributed by atoms with Crippen LogP contribution in [0.15, 0.2) is 22.7 Å². The van der Waals surface area contributed by atoms with Gasteiger partial charge in [0.05, 0.1) is 30.8 Å². The summed E-state index contributed by atoms with van der Waals surface area (Å²) in [6.07, 6.45) is 4.03. The summed E-state index contributed by atoms with van der Waals surface area (Å²) in [4.78, 5) is 0. The zero-order chi connectivity index (χ0) is 13.5. The van der Waals surface area contributed by atoms with Gasteiger partial charge in [-0.15, -0.1) is 0 Å². The molecular weight excluding hydrogens is 306 g/mol. The second kappa shape index (κ2) is 4.81. The number of fused-ring (bicyclic) bond motifs is 2. The fourth-order valence-corrected chi connectivity index (χ4v) is 3.78. The van der Waals surface area contributed by atoms with Gasteiger partial charge in [-0.3, -0.25) is 0 Å². The van der Waals surface area contributed by atoms with Crippen LogP contribution in [-0.4, -0.2) is 19.3 Å². The smallest absolute Gasteiger partial charge is 0.122 e. The Hall–Kier alpha value is -1.05. The highest BCUT2D eigenvalue weighted by Gasteiger charge is 2.53. The molecule has 3 atom stereocenters. The molecule has 0 amide bonds. The van der Waals surface area contributed by atoms with Crippen molar-refractivity contribution in [2.24, 2.45) is 5.41 Å². The zero-order valence-corrected chi connectivity index (χ0v) is 12.4. The van der Waals surface area contributed by atoms with Gasteiger partial charge >= 0.3 is 0 Å². The van der Waals surface area contributed by atoms with Crippen LogP contribution in [0, 0.1) is 16.7 Å². The Morgan fingerprint density at radius 1 is 1.53 bits per heavy atom. The number of methoxy groups -OCH3 is 1. The lowest BCUT2D eigenvalue weighted by Gasteiger charge is -2.28. The van der Waals surface area contributed by atoms with Crippen molar-refractivity contribution in [3.05, 3.63) is 28.2 Å². The van der Waals surface area contributed by atoms with E-state index in [2.05, 4.69) is 22.0 Å². The number of hydrogen-bond donors (Lipinski definition) is 0. The summed E-state index contributed by atoms with van der Waals surface area (Å²) in [5.41, 5.74) is 0.700. The number of nitriles is 1. The number of hydrogen-bond acceptors (Lipinski definition) is 3. The topological polar surface area (TPSA) is 42.2 Å². The van der Waals surface area contributed by atoms with Crippen molar-refractivity contribution in [3.8, 4) is 11.8 Å². The van der Waals surface area contributed by atoms with E-state index in [1.54, 1.807) is 7.11 Å². The molecule has 1 aromatic rings. The Bertz CT molecular complexity index is 539. The van der Waals surface area contributed by atoms with Crippen molar-refractivity contribution >= 4 is 15.9 Å². The van der Waals surface area contributed by atoms with Gasteiger partial charge in [0.25, 0.3) is 0 Å². The fraction of sp³-hybridized carbons (Fsp3) is 0.533. The van der Waals surface area contributed by atoms with Gasteiger partial charge in [-0.05, 0) is 49.4 Å². The van der Waals surface area contributed by atoms with Gasteiger partial charge in [0.1, 0.15) is 5.75 Å². The molecule has 19 heavy (non-hydrogen) atoms. The summed E-state index contributed by atoms with van der Waals surface area (Å²) >= 11 is 3.49. The minimum Gasteiger partial charge on any atom is -0.496 e. The van der Waals surface area contributed by atoms with Crippen molar-refractivity contribution in [2.75, 3.05) is 7.11 Å². The minimum atomic E-state index is -0.378. The van der Waals surface area contributed by atoms with Crippen LogP contribution >= 0.6 is 15.9 Å². The molecule has 0 radical (unpaired) electrons. The maximum absolute atomic E-state index is 9.65. The first-order valence-electron chi connectivity index (χ1n) is 6.56. The largest absolute Gasteiger partial charge is 0.496 e. The molecule has 3 unspecified atom stereocenters. The third-order valence-corrected chi connectivity index (χ3v) is 4.78. The Labute approximate surface area is 121 Å². The van der Waals surface area contributed by atoms with Gasteiger partial charge in [-0.1, -0.05) is 15.9 Å². The third-order valence-electron chi connectivity index (χ3n) is 4.29. The summed E-state index contributed by atoms with van der Waals surface area (Å²) in [5, 5.41) is 9.65. The van der Waals surface area contributed by atoms with Crippen LogP contribution in [0.4, 0.5) is 0 Å². The number of rotatable bonds is 3. The van der Waals surface area contributed by atoms with Crippen molar-refractivity contribution in [3.63, 3.8) is 0 Å². The molecule has 2 fully saturated rings. The second-order valence-electron chi connectivity index (χ2n) is 5.43. The Morgan fingerprint density at radius 2 is 2.37 bits per heavy atom. The summed E-state index contributed by atoms with van der Waals surface area (Å²) in [6.45, 7) is 0. The van der Waals surface area contributed by atoms with E-state index in [4.69, 9.17) is 9.47 Å². The molecule has 2 heterocycles. The van der Waals surface area contributed by atoms with Gasteiger partial charge in [-0.25, -0.2) is 0 Å². The summed E-state index contributed by atoms with van der Waals surface area (Å²) in [7, 11) is 1.67. The van der Waals surface area contributed by atoms with Crippen LogP contribution in [0.5, 0.6) is 5.75 Å². The molecule has 100 valence electrons. The predicted molar refractivity (Wildman–Crippen MR) is 75.0 cm³/mol. The molecule has 0 spiro atoms. The minimum absolute atomic E-state index is 0.0891. The van der Waals surface area contributed by atoms with Crippen LogP contribution in [0.3, 0.4) is 0 Å². The van der Waals surface area contributed by atoms with Crippen molar-refractivity contribution in [2.45, 2.75) is 37.9 Å². The SMILES string of the molecule is COc1ccc(Br)cc1CC1(C#N)CC2CCC1O2. The van der Waals surface area contributed by atoms with Crippen LogP contribution < -0.4 is 4.74 Å². The van der Waals surface area contributed by atoms with Crippen LogP contribution in [-0.2, 0) is 11.2 Å². The van der Waals surface area contributed by atoms with E-state index in [0.717, 1.165) is 35.0 Å². The molecule has 4 heteroatoms.